The first kappa shape index (κ1) is 22.6. The van der Waals surface area contributed by atoms with Gasteiger partial charge in [-0.2, -0.15) is 0 Å². The fraction of sp³-hybridized carbons (Fsp3) is 0.222. The lowest BCUT2D eigenvalue weighted by Crippen LogP contribution is -2.29. The summed E-state index contributed by atoms with van der Waals surface area (Å²) in [6.45, 7) is 3.76. The lowest BCUT2D eigenvalue weighted by Gasteiger charge is -2.15. The van der Waals surface area contributed by atoms with Crippen molar-refractivity contribution in [3.05, 3.63) is 77.9 Å². The molecule has 1 N–H and O–H groups in total. The van der Waals surface area contributed by atoms with Crippen molar-refractivity contribution in [1.82, 2.24) is 9.88 Å². The number of thiazole rings is 1. The number of aromatic nitrogens is 1. The van der Waals surface area contributed by atoms with Crippen molar-refractivity contribution in [1.29, 1.82) is 0 Å². The van der Waals surface area contributed by atoms with Gasteiger partial charge in [-0.1, -0.05) is 18.2 Å². The Hall–Kier alpha value is -3.16. The number of thioether (sulfide) groups is 1. The third kappa shape index (κ3) is 5.00. The number of nitrogens with zero attached hydrogens (tertiary/aromatic N) is 2. The van der Waals surface area contributed by atoms with E-state index in [0.29, 0.717) is 11.3 Å². The van der Waals surface area contributed by atoms with Gasteiger partial charge in [-0.05, 0) is 73.9 Å². The molecule has 0 atom stereocenters. The standard InChI is InChI=1S/C27H25N3O2S2/c1-18-8-13-22-24(16-18)34-27(29-22)19-9-11-20(12-10-19)28-26(32)21-6-2-3-7-23(21)33-17-25(31)30-14-4-5-15-30/h2-3,6-13,16H,4-5,14-15,17H2,1H3,(H,28,32). The summed E-state index contributed by atoms with van der Waals surface area (Å²) in [6, 6.07) is 21.5. The first-order valence-electron chi connectivity index (χ1n) is 11.4. The Bertz CT molecular complexity index is 1340. The molecule has 0 bridgehead atoms. The first-order chi connectivity index (χ1) is 16.6. The van der Waals surface area contributed by atoms with Gasteiger partial charge in [0.05, 0.1) is 21.5 Å². The summed E-state index contributed by atoms with van der Waals surface area (Å²) in [4.78, 5) is 32.9. The molecule has 3 aromatic carbocycles. The number of nitrogens with one attached hydrogen (secondary N) is 1. The Morgan fingerprint density at radius 3 is 2.59 bits per heavy atom. The van der Waals surface area contributed by atoms with Crippen LogP contribution in [0.2, 0.25) is 0 Å². The van der Waals surface area contributed by atoms with Gasteiger partial charge in [0, 0.05) is 29.2 Å². The molecular weight excluding hydrogens is 462 g/mol. The minimum absolute atomic E-state index is 0.137. The number of hydrogen-bond donors (Lipinski definition) is 1. The highest BCUT2D eigenvalue weighted by atomic mass is 32.2. The number of benzene rings is 3. The zero-order chi connectivity index (χ0) is 23.5. The van der Waals surface area contributed by atoms with Gasteiger partial charge in [-0.15, -0.1) is 23.1 Å². The summed E-state index contributed by atoms with van der Waals surface area (Å²) in [5.74, 6) is 0.305. The lowest BCUT2D eigenvalue weighted by atomic mass is 10.2. The maximum Gasteiger partial charge on any atom is 0.256 e. The first-order valence-corrected chi connectivity index (χ1v) is 13.2. The van der Waals surface area contributed by atoms with Crippen LogP contribution in [0.4, 0.5) is 5.69 Å². The number of amides is 2. The molecule has 2 heterocycles. The van der Waals surface area contributed by atoms with Crippen LogP contribution >= 0.6 is 23.1 Å². The molecule has 4 aromatic rings. The second kappa shape index (κ2) is 9.99. The van der Waals surface area contributed by atoms with Gasteiger partial charge < -0.3 is 10.2 Å². The monoisotopic (exact) mass is 487 g/mol. The maximum absolute atomic E-state index is 13.0. The van der Waals surface area contributed by atoms with Gasteiger partial charge in [0.15, 0.2) is 0 Å². The number of likely N-dealkylation sites (tertiary alicyclic amines) is 1. The largest absolute Gasteiger partial charge is 0.342 e. The van der Waals surface area contributed by atoms with E-state index in [1.807, 2.05) is 53.4 Å². The SMILES string of the molecule is Cc1ccc2nc(-c3ccc(NC(=O)c4ccccc4SCC(=O)N4CCCC4)cc3)sc2c1. The minimum Gasteiger partial charge on any atom is -0.342 e. The number of carbonyl (C=O) groups is 2. The molecule has 0 saturated carbocycles. The molecule has 0 unspecified atom stereocenters. The van der Waals surface area contributed by atoms with Crippen LogP contribution in [-0.4, -0.2) is 40.5 Å². The van der Waals surface area contributed by atoms with Gasteiger partial charge in [0.2, 0.25) is 5.91 Å². The van der Waals surface area contributed by atoms with Crippen LogP contribution in [0.1, 0.15) is 28.8 Å². The molecule has 1 fully saturated rings. The number of fused-ring (bicyclic) bond motifs is 1. The predicted octanol–water partition coefficient (Wildman–Crippen LogP) is 6.24. The van der Waals surface area contributed by atoms with Crippen molar-refractivity contribution in [2.24, 2.45) is 0 Å². The summed E-state index contributed by atoms with van der Waals surface area (Å²) in [6.07, 6.45) is 2.15. The second-order valence-corrected chi connectivity index (χ2v) is 10.4. The highest BCUT2D eigenvalue weighted by Gasteiger charge is 2.19. The van der Waals surface area contributed by atoms with E-state index in [-0.39, 0.29) is 11.8 Å². The summed E-state index contributed by atoms with van der Waals surface area (Å²) in [5.41, 5.74) is 4.54. The van der Waals surface area contributed by atoms with E-state index >= 15 is 0 Å². The minimum atomic E-state index is -0.181. The van der Waals surface area contributed by atoms with Crippen LogP contribution in [0.3, 0.4) is 0 Å². The van der Waals surface area contributed by atoms with Crippen LogP contribution in [-0.2, 0) is 4.79 Å². The molecular formula is C27H25N3O2S2. The van der Waals surface area contributed by atoms with Crippen LogP contribution in [0.5, 0.6) is 0 Å². The lowest BCUT2D eigenvalue weighted by molar-refractivity contribution is -0.127. The zero-order valence-electron chi connectivity index (χ0n) is 18.9. The van der Waals surface area contributed by atoms with Crippen molar-refractivity contribution in [3.63, 3.8) is 0 Å². The van der Waals surface area contributed by atoms with Crippen LogP contribution in [0.25, 0.3) is 20.8 Å². The Kier molecular flexibility index (Phi) is 6.65. The predicted molar refractivity (Wildman–Crippen MR) is 141 cm³/mol. The Morgan fingerprint density at radius 1 is 1.03 bits per heavy atom. The van der Waals surface area contributed by atoms with Crippen molar-refractivity contribution in [2.75, 3.05) is 24.2 Å². The van der Waals surface area contributed by atoms with Gasteiger partial charge >= 0.3 is 0 Å². The van der Waals surface area contributed by atoms with E-state index in [9.17, 15) is 9.59 Å². The second-order valence-electron chi connectivity index (χ2n) is 8.39. The van der Waals surface area contributed by atoms with Crippen molar-refractivity contribution in [2.45, 2.75) is 24.7 Å². The number of rotatable bonds is 6. The average Bonchev–Trinajstić information content (AvgIpc) is 3.53. The molecule has 5 rings (SSSR count). The normalized spacial score (nSPS) is 13.4. The quantitative estimate of drug-likeness (QED) is 0.327. The van der Waals surface area contributed by atoms with Gasteiger partial charge in [-0.3, -0.25) is 9.59 Å². The Balaban J connectivity index is 1.26. The smallest absolute Gasteiger partial charge is 0.256 e. The third-order valence-electron chi connectivity index (χ3n) is 5.88. The van der Waals surface area contributed by atoms with E-state index in [1.54, 1.807) is 17.4 Å². The van der Waals surface area contributed by atoms with Crippen molar-refractivity contribution < 1.29 is 9.59 Å². The highest BCUT2D eigenvalue weighted by Crippen LogP contribution is 2.31. The molecule has 0 radical (unpaired) electrons. The summed E-state index contributed by atoms with van der Waals surface area (Å²) in [5, 5.41) is 3.95. The fourth-order valence-electron chi connectivity index (χ4n) is 4.03. The Labute approximate surface area is 207 Å². The molecule has 2 amide bonds. The summed E-state index contributed by atoms with van der Waals surface area (Å²) in [7, 11) is 0. The molecule has 1 aliphatic rings. The molecule has 1 aliphatic heterocycles. The molecule has 0 aliphatic carbocycles. The third-order valence-corrected chi connectivity index (χ3v) is 8.00. The van der Waals surface area contributed by atoms with Gasteiger partial charge in [0.25, 0.3) is 5.91 Å². The number of carbonyl (C=O) groups excluding carboxylic acids is 2. The molecule has 7 heteroatoms. The van der Waals surface area contributed by atoms with E-state index < -0.39 is 0 Å². The molecule has 1 aromatic heterocycles. The molecule has 172 valence electrons. The van der Waals surface area contributed by atoms with Crippen LogP contribution in [0.15, 0.2) is 71.6 Å². The van der Waals surface area contributed by atoms with E-state index in [1.165, 1.54) is 22.0 Å². The highest BCUT2D eigenvalue weighted by molar-refractivity contribution is 8.00. The molecule has 0 spiro atoms. The van der Waals surface area contributed by atoms with Gasteiger partial charge in [-0.25, -0.2) is 4.98 Å². The van der Waals surface area contributed by atoms with Crippen LogP contribution < -0.4 is 5.32 Å². The van der Waals surface area contributed by atoms with E-state index in [0.717, 1.165) is 52.6 Å². The topological polar surface area (TPSA) is 62.3 Å². The molecule has 5 nitrogen and oxygen atoms in total. The Morgan fingerprint density at radius 2 is 1.79 bits per heavy atom. The number of hydrogen-bond acceptors (Lipinski definition) is 5. The van der Waals surface area contributed by atoms with Gasteiger partial charge in [0.1, 0.15) is 5.01 Å². The van der Waals surface area contributed by atoms with E-state index in [2.05, 4.69) is 24.4 Å². The van der Waals surface area contributed by atoms with Crippen molar-refractivity contribution >= 4 is 50.8 Å². The fourth-order valence-corrected chi connectivity index (χ4v) is 6.05. The number of aryl methyl sites for hydroxylation is 1. The maximum atomic E-state index is 13.0. The van der Waals surface area contributed by atoms with E-state index in [4.69, 9.17) is 4.98 Å². The van der Waals surface area contributed by atoms with Crippen LogP contribution in [0, 0.1) is 6.92 Å². The summed E-state index contributed by atoms with van der Waals surface area (Å²) >= 11 is 3.09. The zero-order valence-corrected chi connectivity index (χ0v) is 20.5. The van der Waals surface area contributed by atoms with Crippen molar-refractivity contribution in [3.8, 4) is 10.6 Å². The molecule has 1 saturated heterocycles. The summed E-state index contributed by atoms with van der Waals surface area (Å²) < 4.78 is 1.17. The molecule has 34 heavy (non-hydrogen) atoms. The number of anilines is 1. The average molecular weight is 488 g/mol.